The summed E-state index contributed by atoms with van der Waals surface area (Å²) in [5.74, 6) is -0.784. The van der Waals surface area contributed by atoms with Crippen LogP contribution in [0.15, 0.2) is 42.5 Å². The van der Waals surface area contributed by atoms with Gasteiger partial charge in [0.2, 0.25) is 21.8 Å². The molecule has 0 heterocycles. The Kier molecular flexibility index (Phi) is 10.4. The summed E-state index contributed by atoms with van der Waals surface area (Å²) in [6.07, 6.45) is 1.21. The molecule has 2 rings (SSSR count). The molecule has 1 unspecified atom stereocenters. The zero-order valence-corrected chi connectivity index (χ0v) is 23.2. The van der Waals surface area contributed by atoms with E-state index in [1.54, 1.807) is 38.1 Å². The molecule has 2 aromatic rings. The Morgan fingerprint density at radius 2 is 1.76 bits per heavy atom. The molecule has 1 N–H and O–H groups in total. The topological polar surface area (TPSA) is 130 Å². The van der Waals surface area contributed by atoms with Crippen molar-refractivity contribution in [2.45, 2.75) is 46.7 Å². The highest BCUT2D eigenvalue weighted by Gasteiger charge is 2.32. The van der Waals surface area contributed by atoms with E-state index in [4.69, 9.17) is 11.6 Å². The highest BCUT2D eigenvalue weighted by molar-refractivity contribution is 7.92. The number of amides is 2. The maximum absolute atomic E-state index is 13.7. The van der Waals surface area contributed by atoms with Gasteiger partial charge in [-0.3, -0.25) is 24.0 Å². The number of carbonyl (C=O) groups is 2. The van der Waals surface area contributed by atoms with Gasteiger partial charge in [0.25, 0.3) is 5.69 Å². The molecule has 0 bridgehead atoms. The van der Waals surface area contributed by atoms with Crippen LogP contribution in [0.5, 0.6) is 0 Å². The van der Waals surface area contributed by atoms with Crippen molar-refractivity contribution in [1.29, 1.82) is 0 Å². The quantitative estimate of drug-likeness (QED) is 0.314. The van der Waals surface area contributed by atoms with Crippen molar-refractivity contribution < 1.29 is 22.9 Å². The molecule has 202 valence electrons. The van der Waals surface area contributed by atoms with Crippen LogP contribution >= 0.6 is 11.6 Å². The normalized spacial score (nSPS) is 12.2. The summed E-state index contributed by atoms with van der Waals surface area (Å²) in [6.45, 7) is 7.08. The monoisotopic (exact) mass is 552 g/mol. The summed E-state index contributed by atoms with van der Waals surface area (Å²) in [6, 6.07) is 9.72. The van der Waals surface area contributed by atoms with Crippen molar-refractivity contribution >= 4 is 44.8 Å². The van der Waals surface area contributed by atoms with Gasteiger partial charge in [-0.15, -0.1) is 0 Å². The fraction of sp³-hybridized carbons (Fsp3) is 0.440. The minimum Gasteiger partial charge on any atom is -0.354 e. The lowest BCUT2D eigenvalue weighted by Crippen LogP contribution is -2.52. The van der Waals surface area contributed by atoms with E-state index in [1.165, 1.54) is 17.0 Å². The average Bonchev–Trinajstić information content (AvgIpc) is 2.81. The molecule has 0 aromatic heterocycles. The SMILES string of the molecule is CCC(C(=O)NCC(C)C)N(Cc1ccc(Cl)cc1)C(=O)CN(c1cc([N+](=O)[O-])ccc1C)S(C)(=O)=O. The third kappa shape index (κ3) is 8.43. The highest BCUT2D eigenvalue weighted by Crippen LogP contribution is 2.28. The van der Waals surface area contributed by atoms with E-state index in [-0.39, 0.29) is 36.2 Å². The predicted molar refractivity (Wildman–Crippen MR) is 144 cm³/mol. The fourth-order valence-corrected chi connectivity index (χ4v) is 4.73. The Hall–Kier alpha value is -3.18. The molecule has 0 spiro atoms. The molecule has 0 aliphatic heterocycles. The molecule has 10 nitrogen and oxygen atoms in total. The number of nitrogens with zero attached hydrogens (tertiary/aromatic N) is 3. The van der Waals surface area contributed by atoms with Crippen molar-refractivity contribution in [2.24, 2.45) is 5.92 Å². The molecule has 0 aliphatic rings. The smallest absolute Gasteiger partial charge is 0.271 e. The lowest BCUT2D eigenvalue weighted by molar-refractivity contribution is -0.384. The Labute approximate surface area is 222 Å². The van der Waals surface area contributed by atoms with E-state index >= 15 is 0 Å². The Bertz CT molecular complexity index is 1230. The molecule has 0 saturated carbocycles. The number of halogens is 1. The summed E-state index contributed by atoms with van der Waals surface area (Å²) in [5, 5.41) is 14.7. The van der Waals surface area contributed by atoms with Gasteiger partial charge in [0.05, 0.1) is 16.9 Å². The van der Waals surface area contributed by atoms with Gasteiger partial charge < -0.3 is 10.2 Å². The predicted octanol–water partition coefficient (Wildman–Crippen LogP) is 3.90. The first-order valence-corrected chi connectivity index (χ1v) is 14.0. The molecular formula is C25H33ClN4O6S. The van der Waals surface area contributed by atoms with Crippen LogP contribution in [0.2, 0.25) is 5.02 Å². The van der Waals surface area contributed by atoms with Crippen LogP contribution in [-0.2, 0) is 26.2 Å². The zero-order chi connectivity index (χ0) is 27.9. The number of rotatable bonds is 12. The number of carbonyl (C=O) groups excluding carboxylic acids is 2. The third-order valence-electron chi connectivity index (χ3n) is 5.69. The second kappa shape index (κ2) is 12.9. The van der Waals surface area contributed by atoms with Gasteiger partial charge >= 0.3 is 0 Å². The Balaban J connectivity index is 2.50. The largest absolute Gasteiger partial charge is 0.354 e. The maximum Gasteiger partial charge on any atom is 0.271 e. The molecule has 0 fully saturated rings. The summed E-state index contributed by atoms with van der Waals surface area (Å²) in [4.78, 5) is 38.8. The van der Waals surface area contributed by atoms with E-state index in [2.05, 4.69) is 5.32 Å². The zero-order valence-electron chi connectivity index (χ0n) is 21.6. The number of anilines is 1. The van der Waals surface area contributed by atoms with Gasteiger partial charge in [0.15, 0.2) is 0 Å². The number of nitrogens with one attached hydrogen (secondary N) is 1. The van der Waals surface area contributed by atoms with Gasteiger partial charge in [0.1, 0.15) is 12.6 Å². The first-order chi connectivity index (χ1) is 17.2. The van der Waals surface area contributed by atoms with E-state index in [0.29, 0.717) is 22.7 Å². The van der Waals surface area contributed by atoms with E-state index in [1.807, 2.05) is 13.8 Å². The number of hydrogen-bond acceptors (Lipinski definition) is 6. The number of aryl methyl sites for hydroxylation is 1. The van der Waals surface area contributed by atoms with Gasteiger partial charge in [-0.05, 0) is 42.5 Å². The Morgan fingerprint density at radius 3 is 2.27 bits per heavy atom. The van der Waals surface area contributed by atoms with Crippen molar-refractivity contribution in [3.8, 4) is 0 Å². The number of sulfonamides is 1. The van der Waals surface area contributed by atoms with E-state index < -0.39 is 33.4 Å². The summed E-state index contributed by atoms with van der Waals surface area (Å²) in [7, 11) is -4.02. The number of benzene rings is 2. The van der Waals surface area contributed by atoms with Gasteiger partial charge in [0, 0.05) is 30.2 Å². The molecule has 12 heteroatoms. The Morgan fingerprint density at radius 1 is 1.14 bits per heavy atom. The molecule has 2 amide bonds. The first kappa shape index (κ1) is 30.0. The number of nitro groups is 1. The third-order valence-corrected chi connectivity index (χ3v) is 7.07. The van der Waals surface area contributed by atoms with Crippen LogP contribution in [-0.4, -0.2) is 55.4 Å². The molecule has 1 atom stereocenters. The van der Waals surface area contributed by atoms with Crippen molar-refractivity contribution in [3.05, 3.63) is 68.7 Å². The molecule has 37 heavy (non-hydrogen) atoms. The first-order valence-electron chi connectivity index (χ1n) is 11.8. The second-order valence-corrected chi connectivity index (χ2v) is 11.6. The van der Waals surface area contributed by atoms with Crippen LogP contribution in [0.4, 0.5) is 11.4 Å². The minimum atomic E-state index is -4.02. The van der Waals surface area contributed by atoms with E-state index in [9.17, 15) is 28.1 Å². The average molecular weight is 553 g/mol. The highest BCUT2D eigenvalue weighted by atomic mass is 35.5. The number of nitro benzene ring substituents is 1. The van der Waals surface area contributed by atoms with Gasteiger partial charge in [-0.1, -0.05) is 50.6 Å². The van der Waals surface area contributed by atoms with Crippen LogP contribution in [0.25, 0.3) is 0 Å². The van der Waals surface area contributed by atoms with Crippen LogP contribution < -0.4 is 9.62 Å². The van der Waals surface area contributed by atoms with Gasteiger partial charge in [-0.2, -0.15) is 0 Å². The standard InChI is InChI=1S/C25H33ClN4O6S/c1-6-22(25(32)27-14-17(2)3)28(15-19-8-10-20(26)11-9-19)24(31)16-29(37(5,35)36)23-13-21(30(33)34)12-7-18(23)4/h7-13,17,22H,6,14-16H2,1-5H3,(H,27,32). The second-order valence-electron chi connectivity index (χ2n) is 9.21. The molecule has 0 radical (unpaired) electrons. The summed E-state index contributed by atoms with van der Waals surface area (Å²) in [5.41, 5.74) is 0.855. The number of non-ortho nitro benzene ring substituents is 1. The summed E-state index contributed by atoms with van der Waals surface area (Å²) < 4.78 is 26.4. The van der Waals surface area contributed by atoms with Crippen molar-refractivity contribution in [3.63, 3.8) is 0 Å². The molecular weight excluding hydrogens is 520 g/mol. The summed E-state index contributed by atoms with van der Waals surface area (Å²) >= 11 is 5.99. The minimum absolute atomic E-state index is 0.0220. The van der Waals surface area contributed by atoms with Crippen LogP contribution in [0.1, 0.15) is 38.3 Å². The molecule has 2 aromatic carbocycles. The molecule has 0 aliphatic carbocycles. The molecule has 0 saturated heterocycles. The maximum atomic E-state index is 13.7. The van der Waals surface area contributed by atoms with Crippen molar-refractivity contribution in [1.82, 2.24) is 10.2 Å². The van der Waals surface area contributed by atoms with Gasteiger partial charge in [-0.25, -0.2) is 8.42 Å². The number of hydrogen-bond donors (Lipinski definition) is 1. The van der Waals surface area contributed by atoms with Crippen LogP contribution in [0.3, 0.4) is 0 Å². The van der Waals surface area contributed by atoms with Crippen molar-refractivity contribution in [2.75, 3.05) is 23.7 Å². The lowest BCUT2D eigenvalue weighted by atomic mass is 10.1. The fourth-order valence-electron chi connectivity index (χ4n) is 3.70. The lowest BCUT2D eigenvalue weighted by Gasteiger charge is -2.33. The van der Waals surface area contributed by atoms with E-state index in [0.717, 1.165) is 16.6 Å². The van der Waals surface area contributed by atoms with Crippen LogP contribution in [0, 0.1) is 23.0 Å².